The van der Waals surface area contributed by atoms with Gasteiger partial charge in [-0.1, -0.05) is 15.9 Å². The van der Waals surface area contributed by atoms with E-state index in [0.29, 0.717) is 6.10 Å². The Labute approximate surface area is 86.3 Å². The van der Waals surface area contributed by atoms with Crippen LogP contribution < -0.4 is 5.32 Å². The molecule has 0 aromatic rings. The van der Waals surface area contributed by atoms with E-state index in [1.807, 2.05) is 6.92 Å². The smallest absolute Gasteiger partial charge is 0.233 e. The van der Waals surface area contributed by atoms with E-state index in [4.69, 9.17) is 4.74 Å². The first-order chi connectivity index (χ1) is 6.16. The molecular weight excluding hydrogens is 234 g/mol. The van der Waals surface area contributed by atoms with E-state index in [1.54, 1.807) is 0 Å². The summed E-state index contributed by atoms with van der Waals surface area (Å²) < 4.78 is 5.64. The fourth-order valence-corrected chi connectivity index (χ4v) is 2.22. The van der Waals surface area contributed by atoms with Gasteiger partial charge in [-0.15, -0.1) is 0 Å². The molecule has 2 fully saturated rings. The van der Waals surface area contributed by atoms with Crippen LogP contribution in [0.25, 0.3) is 0 Å². The summed E-state index contributed by atoms with van der Waals surface area (Å²) >= 11 is 3.25. The van der Waals surface area contributed by atoms with Gasteiger partial charge in [-0.25, -0.2) is 0 Å². The molecule has 1 amide bonds. The first-order valence-electron chi connectivity index (χ1n) is 4.76. The van der Waals surface area contributed by atoms with E-state index in [2.05, 4.69) is 21.2 Å². The predicted octanol–water partition coefficient (Wildman–Crippen LogP) is 1.21. The van der Waals surface area contributed by atoms with Crippen LogP contribution in [-0.2, 0) is 9.53 Å². The van der Waals surface area contributed by atoms with Crippen LogP contribution in [0, 0.1) is 0 Å². The second-order valence-electron chi connectivity index (χ2n) is 3.84. The molecule has 2 aliphatic rings. The normalized spacial score (nSPS) is 39.1. The second kappa shape index (κ2) is 3.58. The fourth-order valence-electron chi connectivity index (χ4n) is 2.09. The molecular formula is C9H14BrNO2. The average Bonchev–Trinajstić information content (AvgIpc) is 2.64. The molecule has 0 aromatic heterocycles. The van der Waals surface area contributed by atoms with Gasteiger partial charge in [0.2, 0.25) is 5.91 Å². The van der Waals surface area contributed by atoms with Gasteiger partial charge < -0.3 is 10.1 Å². The van der Waals surface area contributed by atoms with E-state index in [9.17, 15) is 4.79 Å². The summed E-state index contributed by atoms with van der Waals surface area (Å²) in [5, 5.41) is 3.00. The molecule has 4 unspecified atom stereocenters. The highest BCUT2D eigenvalue weighted by atomic mass is 79.9. The first-order valence-corrected chi connectivity index (χ1v) is 5.68. The van der Waals surface area contributed by atoms with Crippen molar-refractivity contribution in [2.24, 2.45) is 0 Å². The number of ether oxygens (including phenoxy) is 1. The van der Waals surface area contributed by atoms with E-state index >= 15 is 0 Å². The van der Waals surface area contributed by atoms with Gasteiger partial charge in [0, 0.05) is 0 Å². The van der Waals surface area contributed by atoms with Crippen molar-refractivity contribution in [1.82, 2.24) is 5.32 Å². The Kier molecular flexibility index (Phi) is 2.60. The Morgan fingerprint density at radius 3 is 2.85 bits per heavy atom. The molecule has 3 nitrogen and oxygen atoms in total. The summed E-state index contributed by atoms with van der Waals surface area (Å²) in [6, 6.07) is 0.256. The van der Waals surface area contributed by atoms with Gasteiger partial charge in [0.05, 0.1) is 23.1 Å². The molecule has 0 aromatic carbocycles. The van der Waals surface area contributed by atoms with Crippen LogP contribution in [-0.4, -0.2) is 29.0 Å². The van der Waals surface area contributed by atoms with Crippen molar-refractivity contribution in [3.05, 3.63) is 0 Å². The molecule has 4 atom stereocenters. The zero-order chi connectivity index (χ0) is 9.42. The number of hydrogen-bond acceptors (Lipinski definition) is 2. The van der Waals surface area contributed by atoms with E-state index in [-0.39, 0.29) is 22.9 Å². The number of hydrogen-bond donors (Lipinski definition) is 1. The molecule has 0 spiro atoms. The molecule has 2 bridgehead atoms. The van der Waals surface area contributed by atoms with Crippen molar-refractivity contribution in [2.75, 3.05) is 0 Å². The van der Waals surface area contributed by atoms with Crippen molar-refractivity contribution in [1.29, 1.82) is 0 Å². The number of halogens is 1. The monoisotopic (exact) mass is 247 g/mol. The molecule has 4 heteroatoms. The minimum Gasteiger partial charge on any atom is -0.373 e. The van der Waals surface area contributed by atoms with Crippen LogP contribution in [0.2, 0.25) is 0 Å². The Bertz CT molecular complexity index is 220. The summed E-state index contributed by atoms with van der Waals surface area (Å²) in [7, 11) is 0. The molecule has 2 saturated heterocycles. The van der Waals surface area contributed by atoms with Crippen LogP contribution >= 0.6 is 15.9 Å². The van der Waals surface area contributed by atoms with Crippen LogP contribution in [0.1, 0.15) is 26.2 Å². The summed E-state index contributed by atoms with van der Waals surface area (Å²) in [4.78, 5) is 11.3. The Hall–Kier alpha value is -0.0900. The lowest BCUT2D eigenvalue weighted by Crippen LogP contribution is -2.43. The number of carbonyl (C=O) groups excluding carboxylic acids is 1. The van der Waals surface area contributed by atoms with Crippen LogP contribution in [0.3, 0.4) is 0 Å². The van der Waals surface area contributed by atoms with Gasteiger partial charge in [-0.2, -0.15) is 0 Å². The lowest BCUT2D eigenvalue weighted by Gasteiger charge is -2.20. The molecule has 2 rings (SSSR count). The maximum atomic E-state index is 11.4. The van der Waals surface area contributed by atoms with Crippen molar-refractivity contribution in [3.63, 3.8) is 0 Å². The Morgan fingerprint density at radius 1 is 1.62 bits per heavy atom. The number of fused-ring (bicyclic) bond motifs is 2. The SMILES string of the molecule is CC(Br)C(=O)NC1CC2CCC1O2. The third-order valence-corrected chi connectivity index (χ3v) is 3.21. The first kappa shape index (κ1) is 9.46. The van der Waals surface area contributed by atoms with Gasteiger partial charge in [0.15, 0.2) is 0 Å². The molecule has 0 saturated carbocycles. The number of rotatable bonds is 2. The van der Waals surface area contributed by atoms with Gasteiger partial charge in [-0.05, 0) is 26.2 Å². The van der Waals surface area contributed by atoms with Crippen LogP contribution in [0.15, 0.2) is 0 Å². The standard InChI is InChI=1S/C9H14BrNO2/c1-5(10)9(12)11-7-4-6-2-3-8(7)13-6/h5-8H,2-4H2,1H3,(H,11,12). The minimum absolute atomic E-state index is 0.0705. The highest BCUT2D eigenvalue weighted by Crippen LogP contribution is 2.34. The van der Waals surface area contributed by atoms with Gasteiger partial charge in [-0.3, -0.25) is 4.79 Å². The van der Waals surface area contributed by atoms with Gasteiger partial charge in [0.25, 0.3) is 0 Å². The largest absolute Gasteiger partial charge is 0.373 e. The average molecular weight is 248 g/mol. The summed E-state index contributed by atoms with van der Waals surface area (Å²) in [5.41, 5.74) is 0. The predicted molar refractivity (Wildman–Crippen MR) is 52.8 cm³/mol. The second-order valence-corrected chi connectivity index (χ2v) is 5.21. The minimum atomic E-state index is -0.105. The van der Waals surface area contributed by atoms with E-state index in [0.717, 1.165) is 12.8 Å². The number of alkyl halides is 1. The zero-order valence-corrected chi connectivity index (χ0v) is 9.21. The molecule has 2 aliphatic heterocycles. The van der Waals surface area contributed by atoms with E-state index < -0.39 is 0 Å². The number of amides is 1. The Morgan fingerprint density at radius 2 is 2.38 bits per heavy atom. The fraction of sp³-hybridized carbons (Fsp3) is 0.889. The molecule has 2 heterocycles. The molecule has 0 radical (unpaired) electrons. The van der Waals surface area contributed by atoms with Crippen molar-refractivity contribution < 1.29 is 9.53 Å². The third kappa shape index (κ3) is 1.89. The van der Waals surface area contributed by atoms with Gasteiger partial charge >= 0.3 is 0 Å². The Balaban J connectivity index is 1.86. The summed E-state index contributed by atoms with van der Waals surface area (Å²) in [6.45, 7) is 1.84. The quantitative estimate of drug-likeness (QED) is 0.746. The molecule has 13 heavy (non-hydrogen) atoms. The van der Waals surface area contributed by atoms with Crippen molar-refractivity contribution in [3.8, 4) is 0 Å². The topological polar surface area (TPSA) is 38.3 Å². The van der Waals surface area contributed by atoms with Crippen LogP contribution in [0.5, 0.6) is 0 Å². The van der Waals surface area contributed by atoms with Crippen molar-refractivity contribution >= 4 is 21.8 Å². The molecule has 1 N–H and O–H groups in total. The summed E-state index contributed by atoms with van der Waals surface area (Å²) in [6.07, 6.45) is 3.95. The van der Waals surface area contributed by atoms with E-state index in [1.165, 1.54) is 6.42 Å². The van der Waals surface area contributed by atoms with Crippen LogP contribution in [0.4, 0.5) is 0 Å². The maximum Gasteiger partial charge on any atom is 0.233 e. The molecule has 74 valence electrons. The highest BCUT2D eigenvalue weighted by molar-refractivity contribution is 9.10. The number of nitrogens with one attached hydrogen (secondary N) is 1. The lowest BCUT2D eigenvalue weighted by molar-refractivity contribution is -0.121. The van der Waals surface area contributed by atoms with Gasteiger partial charge in [0.1, 0.15) is 0 Å². The van der Waals surface area contributed by atoms with Crippen molar-refractivity contribution in [2.45, 2.75) is 49.3 Å². The molecule has 0 aliphatic carbocycles. The lowest BCUT2D eigenvalue weighted by atomic mass is 9.95. The maximum absolute atomic E-state index is 11.4. The third-order valence-electron chi connectivity index (χ3n) is 2.79. The zero-order valence-electron chi connectivity index (χ0n) is 7.63. The highest BCUT2D eigenvalue weighted by Gasteiger charge is 2.41. The summed E-state index contributed by atoms with van der Waals surface area (Å²) in [5.74, 6) is 0.0705. The number of carbonyl (C=O) groups is 1.